The molecule has 0 heterocycles. The molecule has 0 bridgehead atoms. The minimum atomic E-state index is -5.41. The van der Waals surface area contributed by atoms with Crippen LogP contribution in [0.3, 0.4) is 0 Å². The molecule has 0 aliphatic heterocycles. The normalized spacial score (nSPS) is 12.4. The number of benzene rings is 4. The quantitative estimate of drug-likeness (QED) is 0.183. The van der Waals surface area contributed by atoms with Gasteiger partial charge in [-0.3, -0.25) is 0 Å². The molecule has 0 N–H and O–H groups in total. The van der Waals surface area contributed by atoms with Crippen molar-refractivity contribution in [2.75, 3.05) is 0 Å². The first-order valence-corrected chi connectivity index (χ1v) is 13.5. The first-order chi connectivity index (χ1) is 22.7. The predicted molar refractivity (Wildman–Crippen MR) is 144 cm³/mol. The molecule has 4 aromatic rings. The SMILES string of the molecule is Cc1cc(C)c(C(F)(F)Oc2cc(C)c(C(F)(F)F)c(F)c2)c(F)c1.Cc1cc(F)c(C(F)(F)Oc2cc(F)c(C(F)(F)F)c(F)c2)c(F)c1. The molecule has 0 fully saturated rings. The number of ether oxygens (including phenoxy) is 2. The molecule has 4 rings (SSSR count). The number of aryl methyl sites for hydroxylation is 4. The third kappa shape index (κ3) is 8.93. The summed E-state index contributed by atoms with van der Waals surface area (Å²) >= 11 is 0. The van der Waals surface area contributed by atoms with Gasteiger partial charge in [-0.05, 0) is 74.2 Å². The summed E-state index contributed by atoms with van der Waals surface area (Å²) in [5.41, 5.74) is -7.13. The van der Waals surface area contributed by atoms with Gasteiger partial charge in [0.2, 0.25) is 0 Å². The molecule has 272 valence electrons. The maximum atomic E-state index is 14.3. The number of halogens is 16. The van der Waals surface area contributed by atoms with Crippen molar-refractivity contribution >= 4 is 0 Å². The molecular formula is C32H20F16O2. The zero-order valence-electron chi connectivity index (χ0n) is 25.5. The summed E-state index contributed by atoms with van der Waals surface area (Å²) in [7, 11) is 0. The van der Waals surface area contributed by atoms with Gasteiger partial charge in [0.1, 0.15) is 63.1 Å². The Morgan fingerprint density at radius 3 is 1.04 bits per heavy atom. The van der Waals surface area contributed by atoms with Crippen LogP contribution in [0.25, 0.3) is 0 Å². The summed E-state index contributed by atoms with van der Waals surface area (Å²) in [5, 5.41) is 0. The average Bonchev–Trinajstić information content (AvgIpc) is 2.84. The van der Waals surface area contributed by atoms with Gasteiger partial charge in [0.05, 0.1) is 5.56 Å². The largest absolute Gasteiger partial charge is 0.432 e. The van der Waals surface area contributed by atoms with E-state index < -0.39 is 98.8 Å². The van der Waals surface area contributed by atoms with Crippen LogP contribution in [0.1, 0.15) is 44.5 Å². The molecule has 50 heavy (non-hydrogen) atoms. The van der Waals surface area contributed by atoms with Crippen LogP contribution in [0, 0.1) is 62.6 Å². The minimum absolute atomic E-state index is 0.0267. The molecule has 0 aliphatic carbocycles. The molecular weight excluding hydrogens is 720 g/mol. The maximum Gasteiger partial charge on any atom is 0.432 e. The summed E-state index contributed by atoms with van der Waals surface area (Å²) in [6, 6.07) is 3.79. The molecule has 0 unspecified atom stereocenters. The topological polar surface area (TPSA) is 18.5 Å². The third-order valence-electron chi connectivity index (χ3n) is 6.54. The summed E-state index contributed by atoms with van der Waals surface area (Å²) in [6.07, 6.45) is -19.3. The van der Waals surface area contributed by atoms with E-state index in [1.807, 2.05) is 0 Å². The van der Waals surface area contributed by atoms with E-state index in [4.69, 9.17) is 0 Å². The van der Waals surface area contributed by atoms with Crippen LogP contribution >= 0.6 is 0 Å². The molecule has 4 aromatic carbocycles. The summed E-state index contributed by atoms with van der Waals surface area (Å²) < 4.78 is 221. The third-order valence-corrected chi connectivity index (χ3v) is 6.54. The van der Waals surface area contributed by atoms with Crippen LogP contribution in [0.5, 0.6) is 11.5 Å². The highest BCUT2D eigenvalue weighted by molar-refractivity contribution is 5.40. The van der Waals surface area contributed by atoms with E-state index in [0.29, 0.717) is 23.8 Å². The van der Waals surface area contributed by atoms with Crippen LogP contribution in [-0.2, 0) is 24.6 Å². The Morgan fingerprint density at radius 2 is 0.660 bits per heavy atom. The standard InChI is InChI=1S/C17H13F7O.C15H7F9O/c1-8-4-9(2)15(12(18)5-8)17(23,24)25-11-6-10(3)14(13(19)7-11)16(20,21)22;1-6-2-8(16)13(9(17)3-6)15(23,24)25-7-4-10(18)12(11(19)5-7)14(20,21)22/h4-7H,1-3H3;2-5H,1H3. The molecule has 0 saturated heterocycles. The van der Waals surface area contributed by atoms with E-state index >= 15 is 0 Å². The molecule has 0 aliphatic rings. The van der Waals surface area contributed by atoms with Gasteiger partial charge in [-0.25, -0.2) is 26.3 Å². The van der Waals surface area contributed by atoms with Gasteiger partial charge in [0.25, 0.3) is 0 Å². The van der Waals surface area contributed by atoms with Crippen molar-refractivity contribution in [3.05, 3.63) is 128 Å². The van der Waals surface area contributed by atoms with E-state index in [2.05, 4.69) is 9.47 Å². The molecule has 0 saturated carbocycles. The zero-order valence-corrected chi connectivity index (χ0v) is 25.5. The highest BCUT2D eigenvalue weighted by atomic mass is 19.4. The van der Waals surface area contributed by atoms with Gasteiger partial charge in [-0.15, -0.1) is 0 Å². The Kier molecular flexibility index (Phi) is 11.1. The van der Waals surface area contributed by atoms with Crippen molar-refractivity contribution in [2.24, 2.45) is 0 Å². The Labute approximate surface area is 271 Å². The minimum Gasteiger partial charge on any atom is -0.429 e. The fourth-order valence-corrected chi connectivity index (χ4v) is 4.67. The lowest BCUT2D eigenvalue weighted by molar-refractivity contribution is -0.190. The highest BCUT2D eigenvalue weighted by Gasteiger charge is 2.44. The van der Waals surface area contributed by atoms with Crippen molar-refractivity contribution in [1.82, 2.24) is 0 Å². The van der Waals surface area contributed by atoms with E-state index in [1.165, 1.54) is 26.8 Å². The molecule has 0 atom stereocenters. The van der Waals surface area contributed by atoms with Crippen molar-refractivity contribution in [3.63, 3.8) is 0 Å². The van der Waals surface area contributed by atoms with Crippen LogP contribution < -0.4 is 9.47 Å². The number of alkyl halides is 10. The molecule has 0 aromatic heterocycles. The highest BCUT2D eigenvalue weighted by Crippen LogP contribution is 2.41. The second-order valence-electron chi connectivity index (χ2n) is 10.6. The molecule has 0 spiro atoms. The lowest BCUT2D eigenvalue weighted by atomic mass is 10.0. The van der Waals surface area contributed by atoms with Crippen LogP contribution in [0.4, 0.5) is 70.2 Å². The van der Waals surface area contributed by atoms with E-state index in [-0.39, 0.29) is 29.3 Å². The van der Waals surface area contributed by atoms with Crippen LogP contribution in [0.2, 0.25) is 0 Å². The summed E-state index contributed by atoms with van der Waals surface area (Å²) in [4.78, 5) is 0. The van der Waals surface area contributed by atoms with Gasteiger partial charge < -0.3 is 9.47 Å². The molecule has 2 nitrogen and oxygen atoms in total. The van der Waals surface area contributed by atoms with Gasteiger partial charge in [0.15, 0.2) is 0 Å². The van der Waals surface area contributed by atoms with Gasteiger partial charge >= 0.3 is 24.6 Å². The van der Waals surface area contributed by atoms with Crippen molar-refractivity contribution in [2.45, 2.75) is 52.3 Å². The number of hydrogen-bond donors (Lipinski definition) is 0. The van der Waals surface area contributed by atoms with Crippen molar-refractivity contribution in [1.29, 1.82) is 0 Å². The summed E-state index contributed by atoms with van der Waals surface area (Å²) in [5.74, 6) is -13.0. The van der Waals surface area contributed by atoms with Crippen LogP contribution in [-0.4, -0.2) is 0 Å². The Hall–Kier alpha value is -4.64. The van der Waals surface area contributed by atoms with Gasteiger partial charge in [-0.1, -0.05) is 6.07 Å². The van der Waals surface area contributed by atoms with E-state index in [1.54, 1.807) is 0 Å². The second-order valence-corrected chi connectivity index (χ2v) is 10.6. The van der Waals surface area contributed by atoms with Crippen LogP contribution in [0.15, 0.2) is 48.5 Å². The first-order valence-electron chi connectivity index (χ1n) is 13.5. The second kappa shape index (κ2) is 13.9. The molecule has 0 amide bonds. The summed E-state index contributed by atoms with van der Waals surface area (Å²) in [6.45, 7) is 4.87. The zero-order chi connectivity index (χ0) is 38.3. The van der Waals surface area contributed by atoms with Crippen molar-refractivity contribution < 1.29 is 79.7 Å². The van der Waals surface area contributed by atoms with E-state index in [0.717, 1.165) is 13.0 Å². The Bertz CT molecular complexity index is 1670. The predicted octanol–water partition coefficient (Wildman–Crippen LogP) is 11.7. The number of rotatable bonds is 6. The Morgan fingerprint density at radius 1 is 0.360 bits per heavy atom. The fourth-order valence-electron chi connectivity index (χ4n) is 4.67. The number of hydrogen-bond acceptors (Lipinski definition) is 2. The van der Waals surface area contributed by atoms with E-state index in [9.17, 15) is 70.2 Å². The van der Waals surface area contributed by atoms with Gasteiger partial charge in [0, 0.05) is 18.2 Å². The first kappa shape index (κ1) is 39.8. The van der Waals surface area contributed by atoms with Gasteiger partial charge in [-0.2, -0.15) is 43.9 Å². The Balaban J connectivity index is 0.000000270. The maximum absolute atomic E-state index is 14.3. The smallest absolute Gasteiger partial charge is 0.429 e. The molecule has 18 heteroatoms. The molecule has 0 radical (unpaired) electrons. The fraction of sp³-hybridized carbons (Fsp3) is 0.250. The lowest BCUT2D eigenvalue weighted by Crippen LogP contribution is -2.25. The monoisotopic (exact) mass is 740 g/mol. The average molecular weight is 740 g/mol. The lowest BCUT2D eigenvalue weighted by Gasteiger charge is -2.22. The van der Waals surface area contributed by atoms with Crippen molar-refractivity contribution in [3.8, 4) is 11.5 Å².